The fourth-order valence-electron chi connectivity index (χ4n) is 3.47. The van der Waals surface area contributed by atoms with Crippen LogP contribution in [0.4, 0.5) is 5.82 Å². The van der Waals surface area contributed by atoms with Crippen LogP contribution < -0.4 is 5.32 Å². The Bertz CT molecular complexity index is 536. The molecule has 2 rings (SSSR count). The minimum absolute atomic E-state index is 0.0838. The molecule has 1 aromatic rings. The molecular weight excluding hydrogens is 234 g/mol. The molecule has 0 aromatic carbocycles. The van der Waals surface area contributed by atoms with Gasteiger partial charge in [-0.2, -0.15) is 5.26 Å². The fourth-order valence-corrected chi connectivity index (χ4v) is 3.47. The Morgan fingerprint density at radius 1 is 1.37 bits per heavy atom. The van der Waals surface area contributed by atoms with Crippen LogP contribution >= 0.6 is 0 Å². The average Bonchev–Trinajstić information content (AvgIpc) is 2.26. The third-order valence-electron chi connectivity index (χ3n) is 3.86. The van der Waals surface area contributed by atoms with Crippen LogP contribution in [-0.4, -0.2) is 11.5 Å². The van der Waals surface area contributed by atoms with Crippen molar-refractivity contribution in [3.8, 4) is 6.07 Å². The second-order valence-electron chi connectivity index (χ2n) is 6.92. The van der Waals surface area contributed by atoms with Gasteiger partial charge in [0.1, 0.15) is 11.9 Å². The SMILES string of the molecule is CCNc1nc2c(cc1C#N)C(C)(C)CC(C)(C)C2. The van der Waals surface area contributed by atoms with Gasteiger partial charge in [-0.05, 0) is 42.2 Å². The molecule has 1 aliphatic carbocycles. The number of nitrogens with zero attached hydrogens (tertiary/aromatic N) is 2. The molecule has 0 aliphatic heterocycles. The maximum atomic E-state index is 9.29. The van der Waals surface area contributed by atoms with Gasteiger partial charge >= 0.3 is 0 Å². The Hall–Kier alpha value is -1.56. The van der Waals surface area contributed by atoms with Crippen molar-refractivity contribution in [1.29, 1.82) is 5.26 Å². The van der Waals surface area contributed by atoms with E-state index in [4.69, 9.17) is 4.98 Å². The molecule has 3 heteroatoms. The largest absolute Gasteiger partial charge is 0.369 e. The zero-order valence-electron chi connectivity index (χ0n) is 12.6. The molecular formula is C16H23N3. The molecule has 0 bridgehead atoms. The molecule has 0 atom stereocenters. The molecule has 0 spiro atoms. The van der Waals surface area contributed by atoms with Gasteiger partial charge in [0.2, 0.25) is 0 Å². The van der Waals surface area contributed by atoms with E-state index < -0.39 is 0 Å². The van der Waals surface area contributed by atoms with E-state index in [-0.39, 0.29) is 10.8 Å². The third kappa shape index (κ3) is 2.58. The van der Waals surface area contributed by atoms with Crippen molar-refractivity contribution in [2.75, 3.05) is 11.9 Å². The van der Waals surface area contributed by atoms with E-state index in [9.17, 15) is 5.26 Å². The van der Waals surface area contributed by atoms with Crippen LogP contribution in [0.5, 0.6) is 0 Å². The lowest BCUT2D eigenvalue weighted by Gasteiger charge is -2.41. The summed E-state index contributed by atoms with van der Waals surface area (Å²) in [6, 6.07) is 4.30. The molecule has 0 unspecified atom stereocenters. The first-order valence-corrected chi connectivity index (χ1v) is 6.97. The van der Waals surface area contributed by atoms with Crippen molar-refractivity contribution in [1.82, 2.24) is 4.98 Å². The molecule has 19 heavy (non-hydrogen) atoms. The predicted octanol–water partition coefficient (Wildman–Crippen LogP) is 3.64. The molecule has 1 aromatic heterocycles. The molecule has 102 valence electrons. The zero-order chi connectivity index (χ0) is 14.3. The lowest BCUT2D eigenvalue weighted by atomic mass is 9.64. The highest BCUT2D eigenvalue weighted by atomic mass is 15.0. The summed E-state index contributed by atoms with van der Waals surface area (Å²) in [5, 5.41) is 12.5. The van der Waals surface area contributed by atoms with E-state index in [0.29, 0.717) is 5.56 Å². The van der Waals surface area contributed by atoms with Crippen molar-refractivity contribution in [2.45, 2.75) is 52.9 Å². The molecule has 0 saturated carbocycles. The molecule has 3 nitrogen and oxygen atoms in total. The highest BCUT2D eigenvalue weighted by Crippen LogP contribution is 2.45. The molecule has 0 amide bonds. The third-order valence-corrected chi connectivity index (χ3v) is 3.86. The number of hydrogen-bond donors (Lipinski definition) is 1. The molecule has 1 aliphatic rings. The van der Waals surface area contributed by atoms with Crippen molar-refractivity contribution >= 4 is 5.82 Å². The van der Waals surface area contributed by atoms with Gasteiger partial charge in [0.25, 0.3) is 0 Å². The van der Waals surface area contributed by atoms with Crippen molar-refractivity contribution in [3.63, 3.8) is 0 Å². The van der Waals surface area contributed by atoms with E-state index in [1.165, 1.54) is 5.56 Å². The highest BCUT2D eigenvalue weighted by molar-refractivity contribution is 5.56. The number of aromatic nitrogens is 1. The second kappa shape index (κ2) is 4.52. The van der Waals surface area contributed by atoms with Crippen LogP contribution in [0.25, 0.3) is 0 Å². The summed E-state index contributed by atoms with van der Waals surface area (Å²) in [7, 11) is 0. The van der Waals surface area contributed by atoms with Crippen LogP contribution in [0.3, 0.4) is 0 Å². The quantitative estimate of drug-likeness (QED) is 0.880. The van der Waals surface area contributed by atoms with E-state index in [1.54, 1.807) is 0 Å². The predicted molar refractivity (Wildman–Crippen MR) is 78.2 cm³/mol. The zero-order valence-corrected chi connectivity index (χ0v) is 12.6. The summed E-state index contributed by atoms with van der Waals surface area (Å²) < 4.78 is 0. The number of nitrogens with one attached hydrogen (secondary N) is 1. The Balaban J connectivity index is 2.59. The topological polar surface area (TPSA) is 48.7 Å². The Kier molecular flexibility index (Phi) is 3.30. The number of hydrogen-bond acceptors (Lipinski definition) is 3. The minimum Gasteiger partial charge on any atom is -0.369 e. The van der Waals surface area contributed by atoms with Crippen LogP contribution in [-0.2, 0) is 11.8 Å². The fraction of sp³-hybridized carbons (Fsp3) is 0.625. The van der Waals surface area contributed by atoms with Gasteiger partial charge in [-0.15, -0.1) is 0 Å². The molecule has 0 saturated heterocycles. The van der Waals surface area contributed by atoms with E-state index in [2.05, 4.69) is 39.1 Å². The summed E-state index contributed by atoms with van der Waals surface area (Å²) >= 11 is 0. The Morgan fingerprint density at radius 2 is 2.05 bits per heavy atom. The second-order valence-corrected chi connectivity index (χ2v) is 6.92. The highest BCUT2D eigenvalue weighted by Gasteiger charge is 2.38. The first kappa shape index (κ1) is 13.9. The summed E-state index contributed by atoms with van der Waals surface area (Å²) in [6.45, 7) is 11.9. The van der Waals surface area contributed by atoms with Gasteiger partial charge in [-0.3, -0.25) is 0 Å². The number of pyridine rings is 1. The lowest BCUT2D eigenvalue weighted by molar-refractivity contribution is 0.228. The van der Waals surface area contributed by atoms with Gasteiger partial charge < -0.3 is 5.32 Å². The van der Waals surface area contributed by atoms with Gasteiger partial charge in [0.15, 0.2) is 0 Å². The molecule has 1 N–H and O–H groups in total. The summed E-state index contributed by atoms with van der Waals surface area (Å²) in [4.78, 5) is 4.73. The van der Waals surface area contributed by atoms with E-state index >= 15 is 0 Å². The summed E-state index contributed by atoms with van der Waals surface area (Å²) in [5.74, 6) is 0.734. The van der Waals surface area contributed by atoms with E-state index in [0.717, 1.165) is 30.9 Å². The summed E-state index contributed by atoms with van der Waals surface area (Å²) in [5.41, 5.74) is 3.40. The van der Waals surface area contributed by atoms with Crippen molar-refractivity contribution < 1.29 is 0 Å². The van der Waals surface area contributed by atoms with Crippen molar-refractivity contribution in [2.24, 2.45) is 5.41 Å². The first-order chi connectivity index (χ1) is 8.79. The number of nitriles is 1. The van der Waals surface area contributed by atoms with Crippen LogP contribution in [0.15, 0.2) is 6.07 Å². The molecule has 0 fully saturated rings. The normalized spacial score (nSPS) is 19.4. The monoisotopic (exact) mass is 257 g/mol. The maximum Gasteiger partial charge on any atom is 0.144 e. The average molecular weight is 257 g/mol. The Morgan fingerprint density at radius 3 is 2.63 bits per heavy atom. The summed E-state index contributed by atoms with van der Waals surface area (Å²) in [6.07, 6.45) is 2.11. The van der Waals surface area contributed by atoms with Crippen LogP contribution in [0.2, 0.25) is 0 Å². The molecule has 0 radical (unpaired) electrons. The number of fused-ring (bicyclic) bond motifs is 1. The van der Waals surface area contributed by atoms with E-state index in [1.807, 2.05) is 13.0 Å². The lowest BCUT2D eigenvalue weighted by Crippen LogP contribution is -2.35. The van der Waals surface area contributed by atoms with Gasteiger partial charge in [0, 0.05) is 12.2 Å². The van der Waals surface area contributed by atoms with Crippen LogP contribution in [0.1, 0.15) is 57.9 Å². The minimum atomic E-state index is 0.0838. The van der Waals surface area contributed by atoms with Gasteiger partial charge in [-0.25, -0.2) is 4.98 Å². The number of anilines is 1. The smallest absolute Gasteiger partial charge is 0.144 e. The number of rotatable bonds is 2. The Labute approximate surface area is 116 Å². The molecule has 1 heterocycles. The standard InChI is InChI=1S/C16H23N3/c1-6-18-14-11(9-17)7-12-13(19-14)8-15(2,3)10-16(12,4)5/h7H,6,8,10H2,1-5H3,(H,18,19). The maximum absolute atomic E-state index is 9.29. The van der Waals surface area contributed by atoms with Gasteiger partial charge in [0.05, 0.1) is 5.56 Å². The van der Waals surface area contributed by atoms with Crippen LogP contribution in [0, 0.1) is 16.7 Å². The first-order valence-electron chi connectivity index (χ1n) is 6.97. The van der Waals surface area contributed by atoms with Gasteiger partial charge in [-0.1, -0.05) is 27.7 Å². The van der Waals surface area contributed by atoms with Crippen molar-refractivity contribution in [3.05, 3.63) is 22.9 Å².